The minimum atomic E-state index is -4.40. The van der Waals surface area contributed by atoms with Crippen LogP contribution in [0.2, 0.25) is 0 Å². The molecule has 3 nitrogen and oxygen atoms in total. The Hall–Kier alpha value is -1.81. The zero-order valence-electron chi connectivity index (χ0n) is 7.80. The van der Waals surface area contributed by atoms with E-state index in [-0.39, 0.29) is 10.8 Å². The van der Waals surface area contributed by atoms with E-state index in [9.17, 15) is 13.2 Å². The molecule has 0 aromatic heterocycles. The number of nitriles is 1. The summed E-state index contributed by atoms with van der Waals surface area (Å²) in [4.78, 5) is 0. The van der Waals surface area contributed by atoms with Gasteiger partial charge < -0.3 is 5.32 Å². The third-order valence-electron chi connectivity index (χ3n) is 1.62. The Morgan fingerprint density at radius 3 is 2.62 bits per heavy atom. The van der Waals surface area contributed by atoms with Crippen molar-refractivity contribution < 1.29 is 13.2 Å². The summed E-state index contributed by atoms with van der Waals surface area (Å²) in [5, 5.41) is 12.7. The van der Waals surface area contributed by atoms with E-state index in [1.807, 2.05) is 0 Å². The van der Waals surface area contributed by atoms with Crippen LogP contribution < -0.4 is 10.6 Å². The number of halogens is 3. The molecule has 7 heteroatoms. The predicted molar refractivity (Wildman–Crippen MR) is 56.4 cm³/mol. The number of rotatable bonds is 1. The largest absolute Gasteiger partial charge is 0.416 e. The van der Waals surface area contributed by atoms with Crippen LogP contribution in [-0.4, -0.2) is 5.11 Å². The second kappa shape index (κ2) is 4.81. The van der Waals surface area contributed by atoms with Crippen molar-refractivity contribution >= 4 is 23.0 Å². The molecule has 0 fully saturated rings. The molecule has 1 aromatic carbocycles. The van der Waals surface area contributed by atoms with E-state index in [1.54, 1.807) is 6.19 Å². The summed E-state index contributed by atoms with van der Waals surface area (Å²) in [6, 6.07) is 4.53. The number of benzene rings is 1. The molecule has 0 heterocycles. The summed E-state index contributed by atoms with van der Waals surface area (Å²) in [5.41, 5.74) is -0.611. The van der Waals surface area contributed by atoms with E-state index in [1.165, 1.54) is 12.1 Å². The first-order valence-corrected chi connectivity index (χ1v) is 4.47. The average Bonchev–Trinajstić information content (AvgIpc) is 2.17. The Kier molecular flexibility index (Phi) is 3.68. The van der Waals surface area contributed by atoms with Crippen molar-refractivity contribution in [2.45, 2.75) is 6.18 Å². The van der Waals surface area contributed by atoms with Gasteiger partial charge in [-0.15, -0.1) is 0 Å². The van der Waals surface area contributed by atoms with Gasteiger partial charge in [0.2, 0.25) is 0 Å². The average molecular weight is 245 g/mol. The molecular weight excluding hydrogens is 239 g/mol. The van der Waals surface area contributed by atoms with Gasteiger partial charge in [-0.05, 0) is 30.4 Å². The van der Waals surface area contributed by atoms with Gasteiger partial charge in [-0.1, -0.05) is 6.07 Å². The van der Waals surface area contributed by atoms with Crippen LogP contribution in [0.15, 0.2) is 24.3 Å². The van der Waals surface area contributed by atoms with Crippen molar-refractivity contribution in [3.05, 3.63) is 29.8 Å². The standard InChI is InChI=1S/C9H6F3N3S/c10-9(11,12)6-2-1-3-7(4-6)15-8(16)14-5-13/h1-4H,(H2,14,15,16). The number of nitrogens with zero attached hydrogens (tertiary/aromatic N) is 1. The van der Waals surface area contributed by atoms with Crippen LogP contribution >= 0.6 is 12.2 Å². The third kappa shape index (κ3) is 3.40. The van der Waals surface area contributed by atoms with Gasteiger partial charge in [0.05, 0.1) is 5.56 Å². The normalized spacial score (nSPS) is 10.4. The molecule has 84 valence electrons. The summed E-state index contributed by atoms with van der Waals surface area (Å²) in [6.45, 7) is 0. The Labute approximate surface area is 94.9 Å². The van der Waals surface area contributed by atoms with E-state index < -0.39 is 11.7 Å². The van der Waals surface area contributed by atoms with Gasteiger partial charge in [0, 0.05) is 5.69 Å². The number of hydrogen-bond donors (Lipinski definition) is 2. The molecule has 0 saturated carbocycles. The molecule has 0 spiro atoms. The predicted octanol–water partition coefficient (Wildman–Crippen LogP) is 2.47. The molecule has 0 aliphatic heterocycles. The van der Waals surface area contributed by atoms with Crippen LogP contribution in [0.5, 0.6) is 0 Å². The molecule has 16 heavy (non-hydrogen) atoms. The zero-order chi connectivity index (χ0) is 12.2. The van der Waals surface area contributed by atoms with Crippen molar-refractivity contribution in [3.63, 3.8) is 0 Å². The maximum atomic E-state index is 12.3. The van der Waals surface area contributed by atoms with Gasteiger partial charge in [0.15, 0.2) is 11.3 Å². The van der Waals surface area contributed by atoms with Crippen molar-refractivity contribution in [1.29, 1.82) is 5.26 Å². The lowest BCUT2D eigenvalue weighted by atomic mass is 10.2. The van der Waals surface area contributed by atoms with Gasteiger partial charge in [0.25, 0.3) is 0 Å². The molecular formula is C9H6F3N3S. The van der Waals surface area contributed by atoms with Gasteiger partial charge in [0.1, 0.15) is 0 Å². The van der Waals surface area contributed by atoms with Gasteiger partial charge in [-0.2, -0.15) is 18.4 Å². The summed E-state index contributed by atoms with van der Waals surface area (Å²) in [5.74, 6) is 0. The van der Waals surface area contributed by atoms with E-state index in [0.717, 1.165) is 12.1 Å². The second-order valence-corrected chi connectivity index (χ2v) is 3.18. The smallest absolute Gasteiger partial charge is 0.332 e. The fraction of sp³-hybridized carbons (Fsp3) is 0.111. The molecule has 1 aromatic rings. The molecule has 2 N–H and O–H groups in total. The Morgan fingerprint density at radius 2 is 2.06 bits per heavy atom. The van der Waals surface area contributed by atoms with Crippen LogP contribution in [0.4, 0.5) is 18.9 Å². The van der Waals surface area contributed by atoms with Crippen molar-refractivity contribution in [2.75, 3.05) is 5.32 Å². The van der Waals surface area contributed by atoms with E-state index in [2.05, 4.69) is 22.9 Å². The lowest BCUT2D eigenvalue weighted by Crippen LogP contribution is -2.23. The molecule has 0 saturated heterocycles. The highest BCUT2D eigenvalue weighted by atomic mass is 32.1. The molecule has 0 bridgehead atoms. The molecule has 0 atom stereocenters. The fourth-order valence-electron chi connectivity index (χ4n) is 0.986. The summed E-state index contributed by atoms with van der Waals surface area (Å²) >= 11 is 4.65. The summed E-state index contributed by atoms with van der Waals surface area (Å²) in [6.07, 6.45) is -2.84. The Bertz CT molecular complexity index is 436. The molecule has 1 rings (SSSR count). The molecule has 0 amide bonds. The number of anilines is 1. The highest BCUT2D eigenvalue weighted by molar-refractivity contribution is 7.80. The first-order valence-electron chi connectivity index (χ1n) is 4.07. The monoisotopic (exact) mass is 245 g/mol. The zero-order valence-corrected chi connectivity index (χ0v) is 8.62. The van der Waals surface area contributed by atoms with Crippen LogP contribution in [0.25, 0.3) is 0 Å². The molecule has 0 aliphatic rings. The number of nitrogens with one attached hydrogen (secondary N) is 2. The van der Waals surface area contributed by atoms with Crippen molar-refractivity contribution in [3.8, 4) is 6.19 Å². The van der Waals surface area contributed by atoms with Gasteiger partial charge >= 0.3 is 6.18 Å². The highest BCUT2D eigenvalue weighted by Crippen LogP contribution is 2.30. The van der Waals surface area contributed by atoms with Crippen molar-refractivity contribution in [2.24, 2.45) is 0 Å². The Balaban J connectivity index is 2.84. The lowest BCUT2D eigenvalue weighted by molar-refractivity contribution is -0.137. The second-order valence-electron chi connectivity index (χ2n) is 2.77. The highest BCUT2D eigenvalue weighted by Gasteiger charge is 2.30. The minimum absolute atomic E-state index is 0.0539. The minimum Gasteiger partial charge on any atom is -0.332 e. The molecule has 0 aliphatic carbocycles. The van der Waals surface area contributed by atoms with E-state index in [0.29, 0.717) is 0 Å². The Morgan fingerprint density at radius 1 is 1.38 bits per heavy atom. The quantitative estimate of drug-likeness (QED) is 0.453. The lowest BCUT2D eigenvalue weighted by Gasteiger charge is -2.10. The van der Waals surface area contributed by atoms with Gasteiger partial charge in [-0.3, -0.25) is 5.32 Å². The molecule has 0 radical (unpaired) electrons. The SMILES string of the molecule is N#CNC(=S)Nc1cccc(C(F)(F)F)c1. The number of hydrogen-bond acceptors (Lipinski definition) is 2. The van der Waals surface area contributed by atoms with Crippen molar-refractivity contribution in [1.82, 2.24) is 5.32 Å². The number of thiocarbonyl (C=S) groups is 1. The fourth-order valence-corrected chi connectivity index (χ4v) is 1.15. The van der Waals surface area contributed by atoms with E-state index >= 15 is 0 Å². The first-order chi connectivity index (χ1) is 7.43. The molecule has 0 unspecified atom stereocenters. The summed E-state index contributed by atoms with van der Waals surface area (Å²) < 4.78 is 37.0. The first kappa shape index (κ1) is 12.3. The van der Waals surface area contributed by atoms with Gasteiger partial charge in [-0.25, -0.2) is 0 Å². The number of alkyl halides is 3. The third-order valence-corrected chi connectivity index (χ3v) is 1.82. The van der Waals surface area contributed by atoms with E-state index in [4.69, 9.17) is 5.26 Å². The maximum Gasteiger partial charge on any atom is 0.416 e. The maximum absolute atomic E-state index is 12.3. The van der Waals surface area contributed by atoms with Crippen LogP contribution in [0.1, 0.15) is 5.56 Å². The van der Waals surface area contributed by atoms with Crippen LogP contribution in [0.3, 0.4) is 0 Å². The summed E-state index contributed by atoms with van der Waals surface area (Å²) in [7, 11) is 0. The van der Waals surface area contributed by atoms with Crippen LogP contribution in [0, 0.1) is 11.5 Å². The van der Waals surface area contributed by atoms with Crippen LogP contribution in [-0.2, 0) is 6.18 Å². The topological polar surface area (TPSA) is 47.9 Å².